The molecule has 0 unspecified atom stereocenters. The van der Waals surface area contributed by atoms with Crippen LogP contribution in [-0.2, 0) is 0 Å². The summed E-state index contributed by atoms with van der Waals surface area (Å²) in [5.74, 6) is -4.32. The Morgan fingerprint density at radius 1 is 1.20 bits per heavy atom. The number of ether oxygens (including phenoxy) is 1. The van der Waals surface area contributed by atoms with Gasteiger partial charge in [-0.25, -0.2) is 8.78 Å². The molecule has 0 N–H and O–H groups in total. The molecular weight excluding hydrogens is 219 g/mol. The lowest BCUT2D eigenvalue weighted by Crippen LogP contribution is -2.19. The summed E-state index contributed by atoms with van der Waals surface area (Å²) in [5, 5.41) is 0. The summed E-state index contributed by atoms with van der Waals surface area (Å²) in [7, 11) is 0. The minimum atomic E-state index is -5.14. The molecule has 82 valence electrons. The monoisotopic (exact) mass is 224 g/mol. The van der Waals surface area contributed by atoms with Gasteiger partial charge in [-0.3, -0.25) is 0 Å². The van der Waals surface area contributed by atoms with Gasteiger partial charge in [0, 0.05) is 5.56 Å². The zero-order valence-electron chi connectivity index (χ0n) is 7.24. The lowest BCUT2D eigenvalue weighted by atomic mass is 10.2. The van der Waals surface area contributed by atoms with E-state index in [0.29, 0.717) is 6.07 Å². The smallest absolute Gasteiger partial charge is 0.399 e. The lowest BCUT2D eigenvalue weighted by molar-refractivity contribution is -0.276. The molecule has 0 fully saturated rings. The largest absolute Gasteiger partial charge is 0.573 e. The van der Waals surface area contributed by atoms with Gasteiger partial charge in [0.05, 0.1) is 0 Å². The van der Waals surface area contributed by atoms with Crippen LogP contribution in [0.2, 0.25) is 0 Å². The summed E-state index contributed by atoms with van der Waals surface area (Å²) in [5.41, 5.74) is -0.268. The highest BCUT2D eigenvalue weighted by Crippen LogP contribution is 2.30. The Labute approximate surface area is 81.8 Å². The molecule has 0 atom stereocenters. The maximum absolute atomic E-state index is 13.1. The molecule has 0 aromatic heterocycles. The van der Waals surface area contributed by atoms with Crippen LogP contribution in [0.3, 0.4) is 0 Å². The lowest BCUT2D eigenvalue weighted by Gasteiger charge is -2.11. The van der Waals surface area contributed by atoms with Crippen LogP contribution >= 0.6 is 0 Å². The first kappa shape index (κ1) is 11.5. The standard InChI is InChI=1S/C9H5F5O/c1-2-5-3-4-6(10)8(7(5)11)15-9(12,13)14/h2-4H,1H2. The second-order valence-corrected chi connectivity index (χ2v) is 2.53. The molecule has 0 bridgehead atoms. The van der Waals surface area contributed by atoms with Crippen LogP contribution < -0.4 is 4.74 Å². The van der Waals surface area contributed by atoms with Crippen LogP contribution in [0.1, 0.15) is 5.56 Å². The Kier molecular flexibility index (Phi) is 2.97. The van der Waals surface area contributed by atoms with Gasteiger partial charge in [-0.2, -0.15) is 0 Å². The van der Waals surface area contributed by atoms with Crippen molar-refractivity contribution < 1.29 is 26.7 Å². The quantitative estimate of drug-likeness (QED) is 0.698. The van der Waals surface area contributed by atoms with Gasteiger partial charge in [0.15, 0.2) is 11.6 Å². The predicted octanol–water partition coefficient (Wildman–Crippen LogP) is 3.51. The van der Waals surface area contributed by atoms with E-state index in [1.165, 1.54) is 0 Å². The first-order valence-electron chi connectivity index (χ1n) is 3.71. The minimum absolute atomic E-state index is 0.268. The molecule has 1 nitrogen and oxygen atoms in total. The molecule has 1 aromatic carbocycles. The molecule has 1 rings (SSSR count). The Balaban J connectivity index is 3.21. The second-order valence-electron chi connectivity index (χ2n) is 2.53. The number of rotatable bonds is 2. The second kappa shape index (κ2) is 3.88. The normalized spacial score (nSPS) is 11.3. The predicted molar refractivity (Wildman–Crippen MR) is 43.1 cm³/mol. The maximum Gasteiger partial charge on any atom is 0.573 e. The molecule has 6 heteroatoms. The van der Waals surface area contributed by atoms with Gasteiger partial charge in [-0.15, -0.1) is 13.2 Å². The summed E-state index contributed by atoms with van der Waals surface area (Å²) >= 11 is 0. The summed E-state index contributed by atoms with van der Waals surface area (Å²) in [6.07, 6.45) is -4.18. The fraction of sp³-hybridized carbons (Fsp3) is 0.111. The van der Waals surface area contributed by atoms with Gasteiger partial charge >= 0.3 is 6.36 Å². The van der Waals surface area contributed by atoms with Crippen LogP contribution in [0, 0.1) is 11.6 Å². The average molecular weight is 224 g/mol. The van der Waals surface area contributed by atoms with Crippen molar-refractivity contribution in [2.75, 3.05) is 0 Å². The van der Waals surface area contributed by atoms with Gasteiger partial charge in [-0.05, 0) is 12.1 Å². The first-order chi connectivity index (χ1) is 6.85. The van der Waals surface area contributed by atoms with Crippen molar-refractivity contribution in [1.29, 1.82) is 0 Å². The van der Waals surface area contributed by atoms with E-state index in [4.69, 9.17) is 0 Å². The SMILES string of the molecule is C=Cc1ccc(F)c(OC(F)(F)F)c1F. The third-order valence-corrected chi connectivity index (χ3v) is 1.52. The third-order valence-electron chi connectivity index (χ3n) is 1.52. The van der Waals surface area contributed by atoms with Crippen molar-refractivity contribution in [3.63, 3.8) is 0 Å². The number of hydrogen-bond acceptors (Lipinski definition) is 1. The van der Waals surface area contributed by atoms with Gasteiger partial charge in [0.2, 0.25) is 5.75 Å². The number of benzene rings is 1. The summed E-state index contributed by atoms with van der Waals surface area (Å²) in [6.45, 7) is 3.16. The highest BCUT2D eigenvalue weighted by Gasteiger charge is 2.34. The molecule has 0 spiro atoms. The Bertz CT molecular complexity index is 383. The van der Waals surface area contributed by atoms with E-state index in [2.05, 4.69) is 11.3 Å². The van der Waals surface area contributed by atoms with Gasteiger partial charge in [0.1, 0.15) is 0 Å². The highest BCUT2D eigenvalue weighted by atomic mass is 19.4. The fourth-order valence-electron chi connectivity index (χ4n) is 0.915. The minimum Gasteiger partial charge on any atom is -0.399 e. The molecule has 15 heavy (non-hydrogen) atoms. The zero-order chi connectivity index (χ0) is 11.6. The summed E-state index contributed by atoms with van der Waals surface area (Å²) < 4.78 is 64.4. The van der Waals surface area contributed by atoms with Crippen LogP contribution in [0.5, 0.6) is 5.75 Å². The van der Waals surface area contributed by atoms with E-state index in [1.54, 1.807) is 0 Å². The van der Waals surface area contributed by atoms with Crippen molar-refractivity contribution in [2.24, 2.45) is 0 Å². The van der Waals surface area contributed by atoms with Gasteiger partial charge in [-0.1, -0.05) is 12.7 Å². The fourth-order valence-corrected chi connectivity index (χ4v) is 0.915. The van der Waals surface area contributed by atoms with Crippen molar-refractivity contribution >= 4 is 6.08 Å². The molecule has 0 aliphatic carbocycles. The molecule has 1 aromatic rings. The summed E-state index contributed by atoms with van der Waals surface area (Å²) in [4.78, 5) is 0. The molecule has 0 amide bonds. The van der Waals surface area contributed by atoms with E-state index >= 15 is 0 Å². The van der Waals surface area contributed by atoms with Crippen LogP contribution in [0.25, 0.3) is 6.08 Å². The molecule has 0 heterocycles. The van der Waals surface area contributed by atoms with Crippen molar-refractivity contribution in [2.45, 2.75) is 6.36 Å². The Hall–Kier alpha value is -1.59. The van der Waals surface area contributed by atoms with Crippen LogP contribution in [-0.4, -0.2) is 6.36 Å². The average Bonchev–Trinajstić information content (AvgIpc) is 2.11. The molecule has 0 aliphatic rings. The topological polar surface area (TPSA) is 9.23 Å². The molecule has 0 aliphatic heterocycles. The van der Waals surface area contributed by atoms with E-state index in [-0.39, 0.29) is 5.56 Å². The maximum atomic E-state index is 13.1. The van der Waals surface area contributed by atoms with E-state index < -0.39 is 23.7 Å². The van der Waals surface area contributed by atoms with Crippen molar-refractivity contribution in [1.82, 2.24) is 0 Å². The third kappa shape index (κ3) is 2.68. The molecule has 0 saturated heterocycles. The van der Waals surface area contributed by atoms with E-state index in [0.717, 1.165) is 12.1 Å². The van der Waals surface area contributed by atoms with Crippen LogP contribution in [0.4, 0.5) is 22.0 Å². The van der Waals surface area contributed by atoms with Crippen LogP contribution in [0.15, 0.2) is 18.7 Å². The Morgan fingerprint density at radius 3 is 2.27 bits per heavy atom. The number of alkyl halides is 3. The molecular formula is C9H5F5O. The molecule has 0 saturated carbocycles. The molecule has 0 radical (unpaired) electrons. The number of hydrogen-bond donors (Lipinski definition) is 0. The number of halogens is 5. The van der Waals surface area contributed by atoms with E-state index in [9.17, 15) is 22.0 Å². The summed E-state index contributed by atoms with van der Waals surface area (Å²) in [6, 6.07) is 1.63. The van der Waals surface area contributed by atoms with Gasteiger partial charge in [0.25, 0.3) is 0 Å². The Morgan fingerprint density at radius 2 is 1.80 bits per heavy atom. The van der Waals surface area contributed by atoms with Gasteiger partial charge < -0.3 is 4.74 Å². The zero-order valence-corrected chi connectivity index (χ0v) is 7.24. The van der Waals surface area contributed by atoms with Crippen molar-refractivity contribution in [3.8, 4) is 5.75 Å². The van der Waals surface area contributed by atoms with Crippen molar-refractivity contribution in [3.05, 3.63) is 35.9 Å². The highest BCUT2D eigenvalue weighted by molar-refractivity contribution is 5.51. The van der Waals surface area contributed by atoms with E-state index in [1.807, 2.05) is 0 Å². The first-order valence-corrected chi connectivity index (χ1v) is 3.71.